The van der Waals surface area contributed by atoms with Crippen LogP contribution in [0, 0.1) is 0 Å². The highest BCUT2D eigenvalue weighted by Gasteiger charge is 2.11. The molecule has 0 amide bonds. The Balaban J connectivity index is 3.27. The van der Waals surface area contributed by atoms with Crippen LogP contribution in [0.4, 0.5) is 0 Å². The van der Waals surface area contributed by atoms with Gasteiger partial charge in [-0.2, -0.15) is 0 Å². The lowest BCUT2D eigenvalue weighted by Crippen LogP contribution is -1.98. The fourth-order valence-electron chi connectivity index (χ4n) is 0.908. The van der Waals surface area contributed by atoms with Gasteiger partial charge in [0.1, 0.15) is 5.75 Å². The monoisotopic (exact) mass is 184 g/mol. The smallest absolute Gasteiger partial charge is 0.336 e. The number of benzene rings is 1. The average molecular weight is 184 g/mol. The molecule has 4 heteroatoms. The summed E-state index contributed by atoms with van der Waals surface area (Å²) in [5.74, 6) is -1.00. The zero-order valence-corrected chi connectivity index (χ0v) is 7.26. The molecule has 0 aliphatic rings. The van der Waals surface area contributed by atoms with Gasteiger partial charge in [-0.3, -0.25) is 0 Å². The number of carboxylic acid groups (broad SMARTS) is 1. The predicted molar refractivity (Wildman–Crippen MR) is 46.8 cm³/mol. The number of carboxylic acids is 1. The number of aromatic hydroxyl groups is 1. The topological polar surface area (TPSA) is 57.5 Å². The molecule has 0 saturated carbocycles. The highest BCUT2D eigenvalue weighted by molar-refractivity contribution is 7.98. The van der Waals surface area contributed by atoms with Gasteiger partial charge in [-0.05, 0) is 18.4 Å². The van der Waals surface area contributed by atoms with Crippen LogP contribution in [0.3, 0.4) is 0 Å². The minimum absolute atomic E-state index is 0.0161. The molecule has 64 valence electrons. The van der Waals surface area contributed by atoms with Crippen molar-refractivity contribution in [3.63, 3.8) is 0 Å². The van der Waals surface area contributed by atoms with E-state index in [0.29, 0.717) is 4.90 Å². The molecule has 0 fully saturated rings. The lowest BCUT2D eigenvalue weighted by molar-refractivity contribution is 0.0692. The van der Waals surface area contributed by atoms with E-state index in [4.69, 9.17) is 5.11 Å². The van der Waals surface area contributed by atoms with Gasteiger partial charge in [0, 0.05) is 0 Å². The molecule has 0 aliphatic heterocycles. The SMILES string of the molecule is CSc1c(O)cccc1C(=O)O. The quantitative estimate of drug-likeness (QED) is 0.688. The van der Waals surface area contributed by atoms with Gasteiger partial charge in [-0.1, -0.05) is 6.07 Å². The van der Waals surface area contributed by atoms with Crippen LogP contribution in [0.15, 0.2) is 23.1 Å². The molecule has 0 atom stereocenters. The van der Waals surface area contributed by atoms with E-state index in [1.807, 2.05) is 0 Å². The lowest BCUT2D eigenvalue weighted by Gasteiger charge is -2.03. The Bertz CT molecular complexity index is 309. The van der Waals surface area contributed by atoms with Gasteiger partial charge < -0.3 is 10.2 Å². The molecule has 3 nitrogen and oxygen atoms in total. The minimum atomic E-state index is -1.02. The zero-order valence-electron chi connectivity index (χ0n) is 6.44. The largest absolute Gasteiger partial charge is 0.507 e. The summed E-state index contributed by atoms with van der Waals surface area (Å²) >= 11 is 1.22. The van der Waals surface area contributed by atoms with Crippen molar-refractivity contribution in [2.45, 2.75) is 4.90 Å². The van der Waals surface area contributed by atoms with Crippen molar-refractivity contribution in [1.29, 1.82) is 0 Å². The van der Waals surface area contributed by atoms with Crippen LogP contribution >= 0.6 is 11.8 Å². The number of aromatic carboxylic acids is 1. The van der Waals surface area contributed by atoms with Gasteiger partial charge in [0.15, 0.2) is 0 Å². The van der Waals surface area contributed by atoms with E-state index in [1.54, 1.807) is 6.26 Å². The van der Waals surface area contributed by atoms with Crippen molar-refractivity contribution in [3.8, 4) is 5.75 Å². The van der Waals surface area contributed by atoms with Crippen LogP contribution in [-0.2, 0) is 0 Å². The Morgan fingerprint density at radius 2 is 2.17 bits per heavy atom. The second kappa shape index (κ2) is 3.49. The molecule has 0 bridgehead atoms. The molecule has 1 rings (SSSR count). The zero-order chi connectivity index (χ0) is 9.14. The van der Waals surface area contributed by atoms with Crippen LogP contribution in [0.2, 0.25) is 0 Å². The first-order valence-corrected chi connectivity index (χ1v) is 4.48. The highest BCUT2D eigenvalue weighted by Crippen LogP contribution is 2.29. The van der Waals surface area contributed by atoms with Crippen LogP contribution in [-0.4, -0.2) is 22.4 Å². The fourth-order valence-corrected chi connectivity index (χ4v) is 1.56. The number of phenols is 1. The molecule has 0 aliphatic carbocycles. The van der Waals surface area contributed by atoms with Gasteiger partial charge in [-0.15, -0.1) is 11.8 Å². The molecular weight excluding hydrogens is 176 g/mol. The van der Waals surface area contributed by atoms with Crippen molar-refractivity contribution in [2.75, 3.05) is 6.26 Å². The van der Waals surface area contributed by atoms with Gasteiger partial charge in [-0.25, -0.2) is 4.79 Å². The van der Waals surface area contributed by atoms with E-state index in [-0.39, 0.29) is 11.3 Å². The van der Waals surface area contributed by atoms with Crippen LogP contribution < -0.4 is 0 Å². The van der Waals surface area contributed by atoms with Crippen molar-refractivity contribution in [3.05, 3.63) is 23.8 Å². The van der Waals surface area contributed by atoms with E-state index in [2.05, 4.69) is 0 Å². The fraction of sp³-hybridized carbons (Fsp3) is 0.125. The van der Waals surface area contributed by atoms with Crippen LogP contribution in [0.1, 0.15) is 10.4 Å². The Labute approximate surface area is 74.0 Å². The molecule has 1 aromatic carbocycles. The molecule has 0 spiro atoms. The van der Waals surface area contributed by atoms with E-state index >= 15 is 0 Å². The van der Waals surface area contributed by atoms with E-state index in [0.717, 1.165) is 0 Å². The van der Waals surface area contributed by atoms with Crippen molar-refractivity contribution >= 4 is 17.7 Å². The standard InChI is InChI=1S/C8H8O3S/c1-12-7-5(8(10)11)3-2-4-6(7)9/h2-4,9H,1H3,(H,10,11). The number of hydrogen-bond donors (Lipinski definition) is 2. The number of carbonyl (C=O) groups is 1. The molecule has 12 heavy (non-hydrogen) atoms. The number of rotatable bonds is 2. The second-order valence-corrected chi connectivity index (χ2v) is 2.98. The normalized spacial score (nSPS) is 9.75. The third kappa shape index (κ3) is 1.53. The van der Waals surface area contributed by atoms with E-state index in [9.17, 15) is 9.90 Å². The Morgan fingerprint density at radius 3 is 2.58 bits per heavy atom. The lowest BCUT2D eigenvalue weighted by atomic mass is 10.2. The summed E-state index contributed by atoms with van der Waals surface area (Å²) < 4.78 is 0. The maximum absolute atomic E-state index is 10.6. The third-order valence-electron chi connectivity index (χ3n) is 1.43. The first kappa shape index (κ1) is 8.93. The summed E-state index contributed by atoms with van der Waals surface area (Å²) in [5, 5.41) is 18.0. The Kier molecular flexibility index (Phi) is 2.60. The maximum atomic E-state index is 10.6. The number of hydrogen-bond acceptors (Lipinski definition) is 3. The van der Waals surface area contributed by atoms with Gasteiger partial charge in [0.2, 0.25) is 0 Å². The van der Waals surface area contributed by atoms with Crippen molar-refractivity contribution in [2.24, 2.45) is 0 Å². The minimum Gasteiger partial charge on any atom is -0.507 e. The first-order chi connectivity index (χ1) is 5.66. The van der Waals surface area contributed by atoms with E-state index < -0.39 is 5.97 Å². The average Bonchev–Trinajstić information content (AvgIpc) is 2.03. The third-order valence-corrected chi connectivity index (χ3v) is 2.27. The Hall–Kier alpha value is -1.16. The summed E-state index contributed by atoms with van der Waals surface area (Å²) in [7, 11) is 0. The van der Waals surface area contributed by atoms with Crippen LogP contribution in [0.25, 0.3) is 0 Å². The predicted octanol–water partition coefficient (Wildman–Crippen LogP) is 1.81. The molecule has 0 aromatic heterocycles. The second-order valence-electron chi connectivity index (χ2n) is 2.16. The van der Waals surface area contributed by atoms with E-state index in [1.165, 1.54) is 30.0 Å². The maximum Gasteiger partial charge on any atom is 0.336 e. The molecule has 0 radical (unpaired) electrons. The summed E-state index contributed by atoms with van der Waals surface area (Å²) in [6.45, 7) is 0. The number of phenolic OH excluding ortho intramolecular Hbond substituents is 1. The summed E-state index contributed by atoms with van der Waals surface area (Å²) in [6.07, 6.45) is 1.72. The highest BCUT2D eigenvalue weighted by atomic mass is 32.2. The molecule has 1 aromatic rings. The molecular formula is C8H8O3S. The first-order valence-electron chi connectivity index (χ1n) is 3.26. The van der Waals surface area contributed by atoms with Crippen LogP contribution in [0.5, 0.6) is 5.75 Å². The summed E-state index contributed by atoms with van der Waals surface area (Å²) in [5.41, 5.74) is 0.141. The van der Waals surface area contributed by atoms with Gasteiger partial charge >= 0.3 is 5.97 Å². The summed E-state index contributed by atoms with van der Waals surface area (Å²) in [4.78, 5) is 11.0. The number of thioether (sulfide) groups is 1. The summed E-state index contributed by atoms with van der Waals surface area (Å²) in [6, 6.07) is 4.45. The molecule has 0 unspecified atom stereocenters. The molecule has 0 heterocycles. The van der Waals surface area contributed by atoms with Gasteiger partial charge in [0.25, 0.3) is 0 Å². The molecule has 2 N–H and O–H groups in total. The van der Waals surface area contributed by atoms with Gasteiger partial charge in [0.05, 0.1) is 10.5 Å². The van der Waals surface area contributed by atoms with Crippen molar-refractivity contribution < 1.29 is 15.0 Å². The Morgan fingerprint density at radius 1 is 1.50 bits per heavy atom. The molecule has 0 saturated heterocycles. The van der Waals surface area contributed by atoms with Crippen molar-refractivity contribution in [1.82, 2.24) is 0 Å².